The standard InChI is InChI=1S/C11H12ClNO3/c1-16-9-3-2-8(12)7-4-6(5-10(14)15)13-11(7)9/h2-3,6,13H,4-5H2,1H3,(H,14,15). The summed E-state index contributed by atoms with van der Waals surface area (Å²) < 4.78 is 5.20. The molecule has 5 heteroatoms. The summed E-state index contributed by atoms with van der Waals surface area (Å²) in [4.78, 5) is 10.6. The molecule has 1 atom stereocenters. The van der Waals surface area contributed by atoms with Gasteiger partial charge in [-0.2, -0.15) is 0 Å². The first kappa shape index (κ1) is 11.1. The van der Waals surface area contributed by atoms with Crippen LogP contribution in [0.5, 0.6) is 5.75 Å². The van der Waals surface area contributed by atoms with Crippen LogP contribution in [0.3, 0.4) is 0 Å². The number of rotatable bonds is 3. The third-order valence-corrected chi connectivity index (χ3v) is 3.01. The fourth-order valence-electron chi connectivity index (χ4n) is 1.96. The summed E-state index contributed by atoms with van der Waals surface area (Å²) in [5.41, 5.74) is 1.76. The number of nitrogens with one attached hydrogen (secondary N) is 1. The van der Waals surface area contributed by atoms with E-state index in [-0.39, 0.29) is 12.5 Å². The average molecular weight is 242 g/mol. The second-order valence-electron chi connectivity index (χ2n) is 3.75. The van der Waals surface area contributed by atoms with E-state index in [2.05, 4.69) is 5.32 Å². The van der Waals surface area contributed by atoms with Gasteiger partial charge in [0.1, 0.15) is 5.75 Å². The second-order valence-corrected chi connectivity index (χ2v) is 4.15. The number of methoxy groups -OCH3 is 1. The average Bonchev–Trinajstić information content (AvgIpc) is 2.62. The van der Waals surface area contributed by atoms with Gasteiger partial charge in [0, 0.05) is 11.1 Å². The molecule has 0 saturated heterocycles. The number of hydrogen-bond acceptors (Lipinski definition) is 3. The highest BCUT2D eigenvalue weighted by molar-refractivity contribution is 6.32. The van der Waals surface area contributed by atoms with Gasteiger partial charge in [-0.25, -0.2) is 0 Å². The van der Waals surface area contributed by atoms with E-state index in [1.165, 1.54) is 0 Å². The Morgan fingerprint density at radius 3 is 3.06 bits per heavy atom. The first-order valence-corrected chi connectivity index (χ1v) is 5.33. The maximum atomic E-state index is 10.6. The SMILES string of the molecule is COc1ccc(Cl)c2c1NC(CC(=O)O)C2. The fraction of sp³-hybridized carbons (Fsp3) is 0.364. The summed E-state index contributed by atoms with van der Waals surface area (Å²) in [6.07, 6.45) is 0.700. The Kier molecular flexibility index (Phi) is 2.92. The van der Waals surface area contributed by atoms with Crippen LogP contribution in [0, 0.1) is 0 Å². The maximum Gasteiger partial charge on any atom is 0.305 e. The number of fused-ring (bicyclic) bond motifs is 1. The summed E-state index contributed by atoms with van der Waals surface area (Å²) in [5, 5.41) is 12.5. The third-order valence-electron chi connectivity index (χ3n) is 2.66. The molecule has 0 amide bonds. The number of carboxylic acid groups (broad SMARTS) is 1. The van der Waals surface area contributed by atoms with Crippen molar-refractivity contribution >= 4 is 23.3 Å². The molecule has 1 aliphatic heterocycles. The van der Waals surface area contributed by atoms with Crippen molar-refractivity contribution in [2.75, 3.05) is 12.4 Å². The van der Waals surface area contributed by atoms with E-state index in [0.717, 1.165) is 11.3 Å². The van der Waals surface area contributed by atoms with Crippen molar-refractivity contribution in [2.24, 2.45) is 0 Å². The lowest BCUT2D eigenvalue weighted by atomic mass is 10.1. The molecule has 1 aliphatic rings. The molecule has 0 spiro atoms. The number of ether oxygens (including phenoxy) is 1. The molecular weight excluding hydrogens is 230 g/mol. The summed E-state index contributed by atoms with van der Waals surface area (Å²) in [6, 6.07) is 3.43. The van der Waals surface area contributed by atoms with Gasteiger partial charge in [0.05, 0.1) is 19.2 Å². The predicted octanol–water partition coefficient (Wildman–Crippen LogP) is 2.16. The monoisotopic (exact) mass is 241 g/mol. The molecule has 2 N–H and O–H groups in total. The van der Waals surface area contributed by atoms with E-state index in [9.17, 15) is 4.79 Å². The Morgan fingerprint density at radius 2 is 2.44 bits per heavy atom. The van der Waals surface area contributed by atoms with Gasteiger partial charge in [0.2, 0.25) is 0 Å². The largest absolute Gasteiger partial charge is 0.495 e. The molecule has 0 radical (unpaired) electrons. The van der Waals surface area contributed by atoms with Gasteiger partial charge in [-0.3, -0.25) is 4.79 Å². The first-order valence-electron chi connectivity index (χ1n) is 4.95. The van der Waals surface area contributed by atoms with Crippen LogP contribution >= 0.6 is 11.6 Å². The lowest BCUT2D eigenvalue weighted by Gasteiger charge is -2.10. The molecule has 2 rings (SSSR count). The minimum Gasteiger partial charge on any atom is -0.495 e. The van der Waals surface area contributed by atoms with Crippen LogP contribution in [0.2, 0.25) is 5.02 Å². The summed E-state index contributed by atoms with van der Waals surface area (Å²) in [7, 11) is 1.58. The molecule has 4 nitrogen and oxygen atoms in total. The van der Waals surface area contributed by atoms with Crippen LogP contribution in [-0.4, -0.2) is 24.2 Å². The minimum absolute atomic E-state index is 0.0775. The van der Waals surface area contributed by atoms with Crippen molar-refractivity contribution in [1.82, 2.24) is 0 Å². The van der Waals surface area contributed by atoms with Crippen molar-refractivity contribution < 1.29 is 14.6 Å². The minimum atomic E-state index is -0.819. The van der Waals surface area contributed by atoms with Crippen LogP contribution in [0.25, 0.3) is 0 Å². The van der Waals surface area contributed by atoms with Gasteiger partial charge in [-0.05, 0) is 24.1 Å². The number of carboxylic acids is 1. The van der Waals surface area contributed by atoms with Gasteiger partial charge < -0.3 is 15.2 Å². The van der Waals surface area contributed by atoms with Crippen molar-refractivity contribution in [3.63, 3.8) is 0 Å². The highest BCUT2D eigenvalue weighted by Crippen LogP contribution is 2.39. The molecule has 1 aromatic rings. The molecule has 0 bridgehead atoms. The normalized spacial score (nSPS) is 17.8. The molecule has 86 valence electrons. The van der Waals surface area contributed by atoms with Crippen molar-refractivity contribution in [3.05, 3.63) is 22.7 Å². The Hall–Kier alpha value is -1.42. The molecule has 0 saturated carbocycles. The highest BCUT2D eigenvalue weighted by atomic mass is 35.5. The number of halogens is 1. The lowest BCUT2D eigenvalue weighted by Crippen LogP contribution is -2.19. The molecule has 0 aliphatic carbocycles. The Bertz CT molecular complexity index is 433. The number of hydrogen-bond donors (Lipinski definition) is 2. The Morgan fingerprint density at radius 1 is 1.69 bits per heavy atom. The first-order chi connectivity index (χ1) is 7.61. The van der Waals surface area contributed by atoms with Crippen LogP contribution in [0.4, 0.5) is 5.69 Å². The van der Waals surface area contributed by atoms with Gasteiger partial charge >= 0.3 is 5.97 Å². The third kappa shape index (κ3) is 1.93. The predicted molar refractivity (Wildman–Crippen MR) is 61.4 cm³/mol. The fourth-order valence-corrected chi connectivity index (χ4v) is 2.20. The van der Waals surface area contributed by atoms with Crippen molar-refractivity contribution in [1.29, 1.82) is 0 Å². The van der Waals surface area contributed by atoms with Crippen LogP contribution in [-0.2, 0) is 11.2 Å². The molecule has 1 unspecified atom stereocenters. The zero-order chi connectivity index (χ0) is 11.7. The van der Waals surface area contributed by atoms with E-state index in [0.29, 0.717) is 17.2 Å². The van der Waals surface area contributed by atoms with E-state index in [1.54, 1.807) is 19.2 Å². The van der Waals surface area contributed by atoms with E-state index in [4.69, 9.17) is 21.4 Å². The molecule has 1 aromatic carbocycles. The second kappa shape index (κ2) is 4.22. The molecule has 16 heavy (non-hydrogen) atoms. The van der Waals surface area contributed by atoms with Gasteiger partial charge in [-0.1, -0.05) is 11.6 Å². The Labute approximate surface area is 98.2 Å². The maximum absolute atomic E-state index is 10.6. The summed E-state index contributed by atoms with van der Waals surface area (Å²) in [5.74, 6) is -0.118. The van der Waals surface area contributed by atoms with Gasteiger partial charge in [0.15, 0.2) is 0 Å². The molecule has 0 fully saturated rings. The molecular formula is C11H12ClNO3. The van der Waals surface area contributed by atoms with Crippen LogP contribution in [0.1, 0.15) is 12.0 Å². The number of benzene rings is 1. The summed E-state index contributed by atoms with van der Waals surface area (Å²) >= 11 is 6.06. The highest BCUT2D eigenvalue weighted by Gasteiger charge is 2.27. The van der Waals surface area contributed by atoms with Crippen LogP contribution in [0.15, 0.2) is 12.1 Å². The lowest BCUT2D eigenvalue weighted by molar-refractivity contribution is -0.137. The van der Waals surface area contributed by atoms with E-state index in [1.807, 2.05) is 0 Å². The Balaban J connectivity index is 2.28. The van der Waals surface area contributed by atoms with E-state index < -0.39 is 5.97 Å². The van der Waals surface area contributed by atoms with Crippen LogP contribution < -0.4 is 10.1 Å². The smallest absolute Gasteiger partial charge is 0.305 e. The zero-order valence-corrected chi connectivity index (χ0v) is 9.54. The van der Waals surface area contributed by atoms with Crippen molar-refractivity contribution in [2.45, 2.75) is 18.9 Å². The zero-order valence-electron chi connectivity index (χ0n) is 8.79. The quantitative estimate of drug-likeness (QED) is 0.852. The summed E-state index contributed by atoms with van der Waals surface area (Å²) in [6.45, 7) is 0. The van der Waals surface area contributed by atoms with Crippen molar-refractivity contribution in [3.8, 4) is 5.75 Å². The van der Waals surface area contributed by atoms with E-state index >= 15 is 0 Å². The molecule has 1 heterocycles. The number of carbonyl (C=O) groups is 1. The van der Waals surface area contributed by atoms with Gasteiger partial charge in [-0.15, -0.1) is 0 Å². The van der Waals surface area contributed by atoms with Gasteiger partial charge in [0.25, 0.3) is 0 Å². The number of aliphatic carboxylic acids is 1. The number of anilines is 1. The topological polar surface area (TPSA) is 58.6 Å². The molecule has 0 aromatic heterocycles.